The van der Waals surface area contributed by atoms with E-state index in [1.54, 1.807) is 6.20 Å². The first-order chi connectivity index (χ1) is 10.2. The van der Waals surface area contributed by atoms with Gasteiger partial charge in [0.05, 0.1) is 11.7 Å². The number of hydrogen-bond acceptors (Lipinski definition) is 3. The Labute approximate surface area is 124 Å². The normalized spacial score (nSPS) is 18.1. The quantitative estimate of drug-likeness (QED) is 0.909. The van der Waals surface area contributed by atoms with Gasteiger partial charge in [0.15, 0.2) is 0 Å². The van der Waals surface area contributed by atoms with Crippen LogP contribution in [0.15, 0.2) is 24.4 Å². The number of H-pyrrole nitrogens is 1. The van der Waals surface area contributed by atoms with Gasteiger partial charge in [-0.3, -0.25) is 9.89 Å². The largest absolute Gasteiger partial charge is 0.396 e. The highest BCUT2D eigenvalue weighted by atomic mass is 16.3. The van der Waals surface area contributed by atoms with Crippen LogP contribution < -0.4 is 0 Å². The smallest absolute Gasteiger partial charge is 0.253 e. The maximum absolute atomic E-state index is 12.6. The molecule has 1 fully saturated rings. The van der Waals surface area contributed by atoms with Crippen molar-refractivity contribution in [3.63, 3.8) is 0 Å². The SMILES string of the molecule is CCC1(CO)CCN(C(=O)c2ccc3[nH]ncc3c2)CC1. The molecule has 0 bridgehead atoms. The summed E-state index contributed by atoms with van der Waals surface area (Å²) in [6, 6.07) is 5.62. The van der Waals surface area contributed by atoms with Crippen molar-refractivity contribution in [2.75, 3.05) is 19.7 Å². The lowest BCUT2D eigenvalue weighted by Gasteiger charge is -2.40. The predicted octanol–water partition coefficient (Wildman–Crippen LogP) is 2.19. The van der Waals surface area contributed by atoms with Crippen molar-refractivity contribution in [2.24, 2.45) is 5.41 Å². The third-order valence-corrected chi connectivity index (χ3v) is 4.88. The molecule has 3 rings (SSSR count). The predicted molar refractivity (Wildman–Crippen MR) is 81.0 cm³/mol. The minimum Gasteiger partial charge on any atom is -0.396 e. The molecule has 0 saturated carbocycles. The molecule has 21 heavy (non-hydrogen) atoms. The van der Waals surface area contributed by atoms with Crippen molar-refractivity contribution in [1.82, 2.24) is 15.1 Å². The summed E-state index contributed by atoms with van der Waals surface area (Å²) in [5.74, 6) is 0.0701. The molecule has 2 aromatic rings. The van der Waals surface area contributed by atoms with Gasteiger partial charge in [0.2, 0.25) is 0 Å². The monoisotopic (exact) mass is 287 g/mol. The van der Waals surface area contributed by atoms with Gasteiger partial charge in [-0.2, -0.15) is 5.10 Å². The van der Waals surface area contributed by atoms with Gasteiger partial charge in [-0.05, 0) is 42.9 Å². The minimum absolute atomic E-state index is 0.00525. The fourth-order valence-corrected chi connectivity index (χ4v) is 3.07. The van der Waals surface area contributed by atoms with Gasteiger partial charge in [0, 0.05) is 30.6 Å². The number of aliphatic hydroxyl groups excluding tert-OH is 1. The van der Waals surface area contributed by atoms with Crippen molar-refractivity contribution in [2.45, 2.75) is 26.2 Å². The zero-order chi connectivity index (χ0) is 14.9. The molecular weight excluding hydrogens is 266 g/mol. The van der Waals surface area contributed by atoms with Crippen molar-refractivity contribution >= 4 is 16.8 Å². The first kappa shape index (κ1) is 14.1. The lowest BCUT2D eigenvalue weighted by Crippen LogP contribution is -2.44. The molecule has 5 heteroatoms. The summed E-state index contributed by atoms with van der Waals surface area (Å²) in [6.45, 7) is 3.76. The highest BCUT2D eigenvalue weighted by Crippen LogP contribution is 2.34. The van der Waals surface area contributed by atoms with Gasteiger partial charge in [0.1, 0.15) is 0 Å². The molecule has 0 spiro atoms. The van der Waals surface area contributed by atoms with Gasteiger partial charge in [-0.15, -0.1) is 0 Å². The Hall–Kier alpha value is -1.88. The average molecular weight is 287 g/mol. The molecule has 1 aliphatic heterocycles. The molecule has 0 aliphatic carbocycles. The van der Waals surface area contributed by atoms with Gasteiger partial charge >= 0.3 is 0 Å². The van der Waals surface area contributed by atoms with Gasteiger partial charge < -0.3 is 10.0 Å². The molecule has 1 amide bonds. The van der Waals surface area contributed by atoms with E-state index in [-0.39, 0.29) is 17.9 Å². The molecule has 5 nitrogen and oxygen atoms in total. The van der Waals surface area contributed by atoms with Crippen LogP contribution in [0, 0.1) is 5.41 Å². The summed E-state index contributed by atoms with van der Waals surface area (Å²) in [4.78, 5) is 14.5. The minimum atomic E-state index is 0.00525. The fourth-order valence-electron chi connectivity index (χ4n) is 3.07. The zero-order valence-electron chi connectivity index (χ0n) is 12.3. The van der Waals surface area contributed by atoms with E-state index >= 15 is 0 Å². The number of nitrogens with one attached hydrogen (secondary N) is 1. The van der Waals surface area contributed by atoms with Gasteiger partial charge in [0.25, 0.3) is 5.91 Å². The lowest BCUT2D eigenvalue weighted by molar-refractivity contribution is 0.0338. The summed E-state index contributed by atoms with van der Waals surface area (Å²) in [5.41, 5.74) is 1.65. The molecule has 112 valence electrons. The molecule has 2 N–H and O–H groups in total. The molecule has 1 aliphatic rings. The number of nitrogens with zero attached hydrogens (tertiary/aromatic N) is 2. The van der Waals surface area contributed by atoms with E-state index in [2.05, 4.69) is 17.1 Å². The number of likely N-dealkylation sites (tertiary alicyclic amines) is 1. The van der Waals surface area contributed by atoms with Crippen molar-refractivity contribution in [1.29, 1.82) is 0 Å². The number of fused-ring (bicyclic) bond motifs is 1. The molecule has 2 heterocycles. The van der Waals surface area contributed by atoms with Gasteiger partial charge in [-0.25, -0.2) is 0 Å². The standard InChI is InChI=1S/C16H21N3O2/c1-2-16(11-20)5-7-19(8-6-16)15(21)12-3-4-14-13(9-12)10-17-18-14/h3-4,9-10,20H,2,5-8,11H2,1H3,(H,17,18). The maximum atomic E-state index is 12.6. The van der Waals surface area contributed by atoms with Crippen molar-refractivity contribution < 1.29 is 9.90 Å². The third kappa shape index (κ3) is 2.53. The lowest BCUT2D eigenvalue weighted by atomic mass is 9.77. The van der Waals surface area contributed by atoms with Crippen LogP contribution in [-0.4, -0.2) is 45.8 Å². The number of amides is 1. The number of benzene rings is 1. The Morgan fingerprint density at radius 3 is 2.86 bits per heavy atom. The van der Waals surface area contributed by atoms with E-state index in [1.165, 1.54) is 0 Å². The third-order valence-electron chi connectivity index (χ3n) is 4.88. The van der Waals surface area contributed by atoms with Crippen LogP contribution >= 0.6 is 0 Å². The fraction of sp³-hybridized carbons (Fsp3) is 0.500. The number of aliphatic hydroxyl groups is 1. The Bertz CT molecular complexity index is 636. The number of carbonyl (C=O) groups is 1. The Balaban J connectivity index is 1.74. The first-order valence-electron chi connectivity index (χ1n) is 7.51. The average Bonchev–Trinajstić information content (AvgIpc) is 3.02. The number of aromatic amines is 1. The van der Waals surface area contributed by atoms with Crippen LogP contribution in [0.25, 0.3) is 10.9 Å². The molecule has 0 atom stereocenters. The first-order valence-corrected chi connectivity index (χ1v) is 7.51. The highest BCUT2D eigenvalue weighted by Gasteiger charge is 2.34. The number of carbonyl (C=O) groups excluding carboxylic acids is 1. The molecule has 0 unspecified atom stereocenters. The van der Waals surface area contributed by atoms with E-state index in [0.29, 0.717) is 5.56 Å². The zero-order valence-corrected chi connectivity index (χ0v) is 12.3. The second kappa shape index (κ2) is 5.48. The second-order valence-electron chi connectivity index (χ2n) is 5.98. The molecule has 1 saturated heterocycles. The van der Waals surface area contributed by atoms with Crippen LogP contribution in [-0.2, 0) is 0 Å². The van der Waals surface area contributed by atoms with Crippen LogP contribution in [0.4, 0.5) is 0 Å². The van der Waals surface area contributed by atoms with Crippen LogP contribution in [0.2, 0.25) is 0 Å². The maximum Gasteiger partial charge on any atom is 0.253 e. The molecule has 1 aromatic heterocycles. The topological polar surface area (TPSA) is 69.2 Å². The van der Waals surface area contributed by atoms with E-state index < -0.39 is 0 Å². The van der Waals surface area contributed by atoms with Crippen LogP contribution in [0.1, 0.15) is 36.5 Å². The van der Waals surface area contributed by atoms with E-state index in [4.69, 9.17) is 0 Å². The Morgan fingerprint density at radius 1 is 1.43 bits per heavy atom. The molecular formula is C16H21N3O2. The molecule has 1 aromatic carbocycles. The number of aromatic nitrogens is 2. The summed E-state index contributed by atoms with van der Waals surface area (Å²) in [5, 5.41) is 17.4. The van der Waals surface area contributed by atoms with Gasteiger partial charge in [-0.1, -0.05) is 6.92 Å². The second-order valence-corrected chi connectivity index (χ2v) is 5.98. The van der Waals surface area contributed by atoms with E-state index in [0.717, 1.165) is 43.3 Å². The van der Waals surface area contributed by atoms with Crippen LogP contribution in [0.3, 0.4) is 0 Å². The highest BCUT2D eigenvalue weighted by molar-refractivity contribution is 5.97. The number of hydrogen-bond donors (Lipinski definition) is 2. The van der Waals surface area contributed by atoms with E-state index in [9.17, 15) is 9.90 Å². The summed E-state index contributed by atoms with van der Waals surface area (Å²) < 4.78 is 0. The number of piperidine rings is 1. The van der Waals surface area contributed by atoms with Crippen molar-refractivity contribution in [3.8, 4) is 0 Å². The molecule has 0 radical (unpaired) electrons. The van der Waals surface area contributed by atoms with Crippen molar-refractivity contribution in [3.05, 3.63) is 30.0 Å². The van der Waals surface area contributed by atoms with Crippen LogP contribution in [0.5, 0.6) is 0 Å². The summed E-state index contributed by atoms with van der Waals surface area (Å²) >= 11 is 0. The number of rotatable bonds is 3. The summed E-state index contributed by atoms with van der Waals surface area (Å²) in [6.07, 6.45) is 4.45. The Morgan fingerprint density at radius 2 is 2.19 bits per heavy atom. The Kier molecular flexibility index (Phi) is 3.68. The van der Waals surface area contributed by atoms with E-state index in [1.807, 2.05) is 23.1 Å². The summed E-state index contributed by atoms with van der Waals surface area (Å²) in [7, 11) is 0.